The molecule has 2 aliphatic heterocycles. The minimum Gasteiger partial charge on any atom is -0.346 e. The van der Waals surface area contributed by atoms with Gasteiger partial charge in [-0.2, -0.15) is 0 Å². The molecule has 1 fully saturated rings. The van der Waals surface area contributed by atoms with Crippen molar-refractivity contribution < 1.29 is 4.79 Å². The number of carbonyl (C=O) groups is 1. The molecule has 0 radical (unpaired) electrons. The molecule has 3 heterocycles. The molecule has 29 heavy (non-hydrogen) atoms. The van der Waals surface area contributed by atoms with Gasteiger partial charge in [-0.3, -0.25) is 9.69 Å². The molecule has 1 saturated heterocycles. The predicted octanol–water partition coefficient (Wildman–Crippen LogP) is 3.96. The Bertz CT molecular complexity index is 1050. The maximum atomic E-state index is 12.3. The average molecular weight is 403 g/mol. The van der Waals surface area contributed by atoms with Crippen LogP contribution in [0.3, 0.4) is 0 Å². The fourth-order valence-electron chi connectivity index (χ4n) is 3.85. The number of hydrogen-bond acceptors (Lipinski definition) is 5. The molecule has 0 bridgehead atoms. The minimum absolute atomic E-state index is 0.0457. The number of thiazole rings is 1. The molecule has 6 heteroatoms. The molecular weight excluding hydrogens is 380 g/mol. The van der Waals surface area contributed by atoms with Gasteiger partial charge in [-0.1, -0.05) is 59.9 Å². The molecule has 5 nitrogen and oxygen atoms in total. The summed E-state index contributed by atoms with van der Waals surface area (Å²) in [5, 5.41) is 3.95. The molecule has 0 unspecified atom stereocenters. The molecule has 1 aromatic heterocycles. The lowest BCUT2D eigenvalue weighted by Gasteiger charge is -2.34. The average Bonchev–Trinajstić information content (AvgIpc) is 3.34. The zero-order chi connectivity index (χ0) is 19.6. The Labute approximate surface area is 174 Å². The van der Waals surface area contributed by atoms with E-state index < -0.39 is 0 Å². The maximum Gasteiger partial charge on any atom is 0.256 e. The van der Waals surface area contributed by atoms with Crippen LogP contribution in [0.25, 0.3) is 11.6 Å². The van der Waals surface area contributed by atoms with Crippen molar-refractivity contribution in [1.82, 2.24) is 9.88 Å². The number of nitrogens with zero attached hydrogens (tertiary/aromatic N) is 3. The van der Waals surface area contributed by atoms with E-state index in [9.17, 15) is 4.79 Å². The van der Waals surface area contributed by atoms with Gasteiger partial charge < -0.3 is 10.2 Å². The first-order chi connectivity index (χ1) is 14.3. The van der Waals surface area contributed by atoms with E-state index in [4.69, 9.17) is 0 Å². The first kappa shape index (κ1) is 18.1. The van der Waals surface area contributed by atoms with E-state index in [0.717, 1.165) is 54.0 Å². The van der Waals surface area contributed by atoms with Gasteiger partial charge in [-0.25, -0.2) is 4.98 Å². The summed E-state index contributed by atoms with van der Waals surface area (Å²) in [4.78, 5) is 22.8. The highest BCUT2D eigenvalue weighted by Gasteiger charge is 2.24. The zero-order valence-corrected chi connectivity index (χ0v) is 16.9. The number of carbonyl (C=O) groups excluding carboxylic acids is 1. The fourth-order valence-corrected chi connectivity index (χ4v) is 4.76. The van der Waals surface area contributed by atoms with Gasteiger partial charge in [0.25, 0.3) is 5.91 Å². The number of fused-ring (bicyclic) bond motifs is 1. The summed E-state index contributed by atoms with van der Waals surface area (Å²) in [6.45, 7) is 5.00. The van der Waals surface area contributed by atoms with Gasteiger partial charge >= 0.3 is 0 Å². The predicted molar refractivity (Wildman–Crippen MR) is 119 cm³/mol. The Morgan fingerprint density at radius 1 is 1.00 bits per heavy atom. The summed E-state index contributed by atoms with van der Waals surface area (Å²) in [5.41, 5.74) is 3.91. The van der Waals surface area contributed by atoms with Crippen molar-refractivity contribution in [1.29, 1.82) is 0 Å². The number of hydrogen-bond donors (Lipinski definition) is 1. The number of nitrogens with one attached hydrogen (secondary N) is 1. The SMILES string of the molecule is O=C1Nc2ccccc2C1=Cc1cnc(N2CCN(Cc3ccccc3)CC2)s1. The van der Waals surface area contributed by atoms with Gasteiger partial charge in [0.05, 0.1) is 5.57 Å². The van der Waals surface area contributed by atoms with Crippen molar-refractivity contribution in [2.45, 2.75) is 6.54 Å². The molecule has 146 valence electrons. The third-order valence-electron chi connectivity index (χ3n) is 5.40. The number of para-hydroxylation sites is 1. The van der Waals surface area contributed by atoms with Gasteiger partial charge in [-0.15, -0.1) is 0 Å². The normalized spacial score (nSPS) is 18.1. The third kappa shape index (κ3) is 3.81. The van der Waals surface area contributed by atoms with Crippen molar-refractivity contribution in [2.24, 2.45) is 0 Å². The molecule has 0 spiro atoms. The second-order valence-corrected chi connectivity index (χ2v) is 8.39. The summed E-state index contributed by atoms with van der Waals surface area (Å²) in [6, 6.07) is 18.4. The van der Waals surface area contributed by atoms with Crippen LogP contribution in [0.4, 0.5) is 10.8 Å². The van der Waals surface area contributed by atoms with Crippen LogP contribution in [0.15, 0.2) is 60.8 Å². The summed E-state index contributed by atoms with van der Waals surface area (Å²) in [7, 11) is 0. The van der Waals surface area contributed by atoms with E-state index in [1.54, 1.807) is 11.3 Å². The van der Waals surface area contributed by atoms with Crippen molar-refractivity contribution in [3.63, 3.8) is 0 Å². The summed E-state index contributed by atoms with van der Waals surface area (Å²) < 4.78 is 0. The van der Waals surface area contributed by atoms with Crippen LogP contribution in [-0.2, 0) is 11.3 Å². The third-order valence-corrected chi connectivity index (χ3v) is 6.40. The molecule has 0 aliphatic carbocycles. The largest absolute Gasteiger partial charge is 0.346 e. The van der Waals surface area contributed by atoms with Gasteiger partial charge in [0.15, 0.2) is 5.13 Å². The first-order valence-electron chi connectivity index (χ1n) is 9.86. The number of rotatable bonds is 4. The standard InChI is InChI=1S/C23H22N4OS/c28-22-20(19-8-4-5-9-21(19)25-22)14-18-15-24-23(29-18)27-12-10-26(11-13-27)16-17-6-2-1-3-7-17/h1-9,14-15H,10-13,16H2,(H,25,28). The molecule has 1 N–H and O–H groups in total. The van der Waals surface area contributed by atoms with Crippen LogP contribution in [0.2, 0.25) is 0 Å². The number of aromatic nitrogens is 1. The van der Waals surface area contributed by atoms with E-state index in [1.807, 2.05) is 36.5 Å². The van der Waals surface area contributed by atoms with Gasteiger partial charge in [0, 0.05) is 55.0 Å². The van der Waals surface area contributed by atoms with Crippen LogP contribution < -0.4 is 10.2 Å². The van der Waals surface area contributed by atoms with E-state index in [-0.39, 0.29) is 5.91 Å². The van der Waals surface area contributed by atoms with E-state index in [2.05, 4.69) is 50.4 Å². The number of benzene rings is 2. The summed E-state index contributed by atoms with van der Waals surface area (Å²) >= 11 is 1.65. The second kappa shape index (κ2) is 7.81. The topological polar surface area (TPSA) is 48.5 Å². The monoisotopic (exact) mass is 402 g/mol. The minimum atomic E-state index is -0.0457. The zero-order valence-electron chi connectivity index (χ0n) is 16.0. The van der Waals surface area contributed by atoms with Crippen LogP contribution in [0, 0.1) is 0 Å². The summed E-state index contributed by atoms with van der Waals surface area (Å²) in [6.07, 6.45) is 3.82. The number of amides is 1. The van der Waals surface area contributed by atoms with Gasteiger partial charge in [-0.05, 0) is 17.7 Å². The Balaban J connectivity index is 1.25. The van der Waals surface area contributed by atoms with E-state index >= 15 is 0 Å². The highest BCUT2D eigenvalue weighted by Crippen LogP contribution is 2.34. The molecule has 5 rings (SSSR count). The van der Waals surface area contributed by atoms with Crippen molar-refractivity contribution in [2.75, 3.05) is 36.4 Å². The second-order valence-electron chi connectivity index (χ2n) is 7.35. The first-order valence-corrected chi connectivity index (χ1v) is 10.7. The van der Waals surface area contributed by atoms with Crippen LogP contribution in [-0.4, -0.2) is 42.0 Å². The lowest BCUT2D eigenvalue weighted by Crippen LogP contribution is -2.45. The lowest BCUT2D eigenvalue weighted by atomic mass is 10.1. The maximum absolute atomic E-state index is 12.3. The molecular formula is C23H22N4OS. The molecule has 2 aromatic carbocycles. The van der Waals surface area contributed by atoms with Crippen LogP contribution >= 0.6 is 11.3 Å². The Hall–Kier alpha value is -2.96. The van der Waals surface area contributed by atoms with Crippen molar-refractivity contribution in [3.05, 3.63) is 76.8 Å². The lowest BCUT2D eigenvalue weighted by molar-refractivity contribution is -0.110. The molecule has 3 aromatic rings. The molecule has 0 saturated carbocycles. The van der Waals surface area contributed by atoms with Crippen LogP contribution in [0.1, 0.15) is 16.0 Å². The molecule has 1 amide bonds. The van der Waals surface area contributed by atoms with Crippen molar-refractivity contribution >= 4 is 39.7 Å². The van der Waals surface area contributed by atoms with Gasteiger partial charge in [0.2, 0.25) is 0 Å². The van der Waals surface area contributed by atoms with Crippen LogP contribution in [0.5, 0.6) is 0 Å². The van der Waals surface area contributed by atoms with E-state index in [1.165, 1.54) is 5.56 Å². The van der Waals surface area contributed by atoms with Crippen molar-refractivity contribution in [3.8, 4) is 0 Å². The van der Waals surface area contributed by atoms with E-state index in [0.29, 0.717) is 5.57 Å². The highest BCUT2D eigenvalue weighted by atomic mass is 32.1. The number of anilines is 2. The smallest absolute Gasteiger partial charge is 0.256 e. The molecule has 2 aliphatic rings. The Kier molecular flexibility index (Phi) is 4.87. The fraction of sp³-hybridized carbons (Fsp3) is 0.217. The highest BCUT2D eigenvalue weighted by molar-refractivity contribution is 7.16. The molecule has 0 atom stereocenters. The quantitative estimate of drug-likeness (QED) is 0.671. The Morgan fingerprint density at radius 3 is 2.59 bits per heavy atom. The number of piperazine rings is 1. The van der Waals surface area contributed by atoms with Gasteiger partial charge in [0.1, 0.15) is 0 Å². The Morgan fingerprint density at radius 2 is 1.76 bits per heavy atom. The summed E-state index contributed by atoms with van der Waals surface area (Å²) in [5.74, 6) is -0.0457.